The van der Waals surface area contributed by atoms with Gasteiger partial charge in [-0.05, 0) is 87.3 Å². The normalized spacial score (nSPS) is 29.3. The minimum atomic E-state index is -0.453. The van der Waals surface area contributed by atoms with E-state index in [2.05, 4.69) is 6.07 Å². The first kappa shape index (κ1) is 19.9. The highest BCUT2D eigenvalue weighted by Gasteiger charge is 2.54. The Morgan fingerprint density at radius 1 is 1.14 bits per heavy atom. The monoisotopic (exact) mass is 394 g/mol. The molecule has 0 atom stereocenters. The topological polar surface area (TPSA) is 70.4 Å². The van der Waals surface area contributed by atoms with Gasteiger partial charge in [0.1, 0.15) is 0 Å². The molecular weight excluding hydrogens is 364 g/mol. The summed E-state index contributed by atoms with van der Waals surface area (Å²) < 4.78 is 5.44. The molecule has 5 nitrogen and oxygen atoms in total. The summed E-state index contributed by atoms with van der Waals surface area (Å²) in [4.78, 5) is 27.7. The quantitative estimate of drug-likeness (QED) is 0.679. The average Bonchev–Trinajstić information content (AvgIpc) is 2.67. The molecule has 154 valence electrons. The number of benzene rings is 1. The second-order valence-corrected chi connectivity index (χ2v) is 9.42. The predicted octanol–water partition coefficient (Wildman–Crippen LogP) is 4.17. The second-order valence-electron chi connectivity index (χ2n) is 9.42. The minimum Gasteiger partial charge on any atom is -0.452 e. The molecule has 4 fully saturated rings. The minimum absolute atomic E-state index is 0.131. The van der Waals surface area contributed by atoms with Crippen molar-refractivity contribution in [2.45, 2.75) is 64.3 Å². The molecule has 0 unspecified atom stereocenters. The number of esters is 1. The fourth-order valence-electron chi connectivity index (χ4n) is 6.44. The highest BCUT2D eigenvalue weighted by Crippen LogP contribution is 2.57. The van der Waals surface area contributed by atoms with Crippen LogP contribution in [0.5, 0.6) is 0 Å². The Kier molecular flexibility index (Phi) is 5.38. The number of rotatable bonds is 6. The van der Waals surface area contributed by atoms with Crippen LogP contribution in [0.3, 0.4) is 0 Å². The van der Waals surface area contributed by atoms with Gasteiger partial charge in [-0.25, -0.2) is 4.79 Å². The smallest absolute Gasteiger partial charge is 0.338 e. The SMILES string of the molecule is Cc1cccc(C(=O)OCC(=O)N(CCC#N)C23CC4CC(CC(C4)C2)C3)c1C. The molecule has 1 amide bonds. The first-order valence-corrected chi connectivity index (χ1v) is 10.8. The Morgan fingerprint density at radius 3 is 2.34 bits per heavy atom. The largest absolute Gasteiger partial charge is 0.452 e. The third-order valence-electron chi connectivity index (χ3n) is 7.48. The van der Waals surface area contributed by atoms with Crippen molar-refractivity contribution in [3.8, 4) is 6.07 Å². The Morgan fingerprint density at radius 2 is 1.76 bits per heavy atom. The molecule has 4 saturated carbocycles. The molecule has 5 heteroatoms. The van der Waals surface area contributed by atoms with Gasteiger partial charge in [0.2, 0.25) is 0 Å². The van der Waals surface area contributed by atoms with E-state index in [4.69, 9.17) is 10.00 Å². The molecule has 4 aliphatic rings. The summed E-state index contributed by atoms with van der Waals surface area (Å²) in [6.07, 6.45) is 7.32. The lowest BCUT2D eigenvalue weighted by molar-refractivity contribution is -0.153. The molecule has 0 heterocycles. The van der Waals surface area contributed by atoms with E-state index in [0.29, 0.717) is 36.3 Å². The van der Waals surface area contributed by atoms with Crippen LogP contribution < -0.4 is 0 Å². The van der Waals surface area contributed by atoms with E-state index in [9.17, 15) is 9.59 Å². The lowest BCUT2D eigenvalue weighted by atomic mass is 9.52. The van der Waals surface area contributed by atoms with Crippen molar-refractivity contribution in [2.75, 3.05) is 13.2 Å². The van der Waals surface area contributed by atoms with Crippen LogP contribution in [0.4, 0.5) is 0 Å². The number of aryl methyl sites for hydroxylation is 1. The van der Waals surface area contributed by atoms with Crippen LogP contribution in [0.25, 0.3) is 0 Å². The lowest BCUT2D eigenvalue weighted by Crippen LogP contribution is -2.62. The fraction of sp³-hybridized carbons (Fsp3) is 0.625. The molecule has 1 aromatic carbocycles. The van der Waals surface area contributed by atoms with Crippen LogP contribution in [0.1, 0.15) is 66.4 Å². The van der Waals surface area contributed by atoms with Crippen molar-refractivity contribution in [2.24, 2.45) is 17.8 Å². The van der Waals surface area contributed by atoms with Gasteiger partial charge in [-0.15, -0.1) is 0 Å². The summed E-state index contributed by atoms with van der Waals surface area (Å²) in [5.74, 6) is 1.51. The fourth-order valence-corrected chi connectivity index (χ4v) is 6.44. The summed E-state index contributed by atoms with van der Waals surface area (Å²) in [6, 6.07) is 7.71. The second kappa shape index (κ2) is 7.82. The average molecular weight is 395 g/mol. The number of carbonyl (C=O) groups excluding carboxylic acids is 2. The maximum absolute atomic E-state index is 13.2. The summed E-state index contributed by atoms with van der Waals surface area (Å²) in [6.45, 7) is 4.03. The van der Waals surface area contributed by atoms with Crippen LogP contribution in [0.2, 0.25) is 0 Å². The number of nitrogens with zero attached hydrogens (tertiary/aromatic N) is 2. The number of ether oxygens (including phenoxy) is 1. The lowest BCUT2D eigenvalue weighted by Gasteiger charge is -2.60. The summed E-state index contributed by atoms with van der Waals surface area (Å²) in [5.41, 5.74) is 2.28. The number of hydrogen-bond acceptors (Lipinski definition) is 4. The Labute approximate surface area is 173 Å². The molecule has 4 aliphatic carbocycles. The number of hydrogen-bond donors (Lipinski definition) is 0. The highest BCUT2D eigenvalue weighted by molar-refractivity contribution is 5.93. The van der Waals surface area contributed by atoms with Crippen LogP contribution >= 0.6 is 0 Å². The van der Waals surface area contributed by atoms with Crippen LogP contribution in [-0.2, 0) is 9.53 Å². The van der Waals surface area contributed by atoms with Gasteiger partial charge >= 0.3 is 5.97 Å². The van der Waals surface area contributed by atoms with Gasteiger partial charge in [0.25, 0.3) is 5.91 Å². The Hall–Kier alpha value is -2.35. The molecule has 0 radical (unpaired) electrons. The van der Waals surface area contributed by atoms with Gasteiger partial charge in [0.05, 0.1) is 18.1 Å². The van der Waals surface area contributed by atoms with E-state index >= 15 is 0 Å². The first-order chi connectivity index (χ1) is 13.9. The maximum atomic E-state index is 13.2. The standard InChI is InChI=1S/C24H30N2O3/c1-16-5-3-6-21(17(16)2)23(28)29-15-22(27)26(8-4-7-25)24-12-18-9-19(13-24)11-20(10-18)14-24/h3,5-6,18-20H,4,8-15H2,1-2H3. The molecule has 5 rings (SSSR count). The van der Waals surface area contributed by atoms with E-state index < -0.39 is 5.97 Å². The summed E-state index contributed by atoms with van der Waals surface area (Å²) in [5, 5.41) is 9.13. The van der Waals surface area contributed by atoms with Crippen LogP contribution in [0.15, 0.2) is 18.2 Å². The molecule has 1 aromatic rings. The zero-order valence-electron chi connectivity index (χ0n) is 17.4. The van der Waals surface area contributed by atoms with Gasteiger partial charge in [0.15, 0.2) is 6.61 Å². The highest BCUT2D eigenvalue weighted by atomic mass is 16.5. The first-order valence-electron chi connectivity index (χ1n) is 10.8. The van der Waals surface area contributed by atoms with Crippen molar-refractivity contribution in [3.05, 3.63) is 34.9 Å². The van der Waals surface area contributed by atoms with Gasteiger partial charge in [-0.3, -0.25) is 4.79 Å². The maximum Gasteiger partial charge on any atom is 0.338 e. The van der Waals surface area contributed by atoms with Gasteiger partial charge in [-0.1, -0.05) is 12.1 Å². The molecular formula is C24H30N2O3. The number of amides is 1. The Bertz CT molecular complexity index is 819. The molecule has 29 heavy (non-hydrogen) atoms. The zero-order valence-corrected chi connectivity index (χ0v) is 17.4. The summed E-state index contributed by atoms with van der Waals surface area (Å²) in [7, 11) is 0. The number of nitriles is 1. The summed E-state index contributed by atoms with van der Waals surface area (Å²) >= 11 is 0. The zero-order chi connectivity index (χ0) is 20.6. The van der Waals surface area contributed by atoms with E-state index in [1.807, 2.05) is 30.9 Å². The molecule has 0 aliphatic heterocycles. The van der Waals surface area contributed by atoms with Crippen molar-refractivity contribution in [1.82, 2.24) is 4.90 Å². The van der Waals surface area contributed by atoms with Crippen LogP contribution in [0, 0.1) is 42.9 Å². The molecule has 4 bridgehead atoms. The molecule has 0 N–H and O–H groups in total. The van der Waals surface area contributed by atoms with Gasteiger partial charge in [0, 0.05) is 12.1 Å². The third-order valence-corrected chi connectivity index (χ3v) is 7.48. The molecule has 0 spiro atoms. The van der Waals surface area contributed by atoms with Crippen LogP contribution in [-0.4, -0.2) is 35.5 Å². The van der Waals surface area contributed by atoms with E-state index in [0.717, 1.165) is 30.4 Å². The van der Waals surface area contributed by atoms with Gasteiger partial charge < -0.3 is 9.64 Å². The Balaban J connectivity index is 1.47. The van der Waals surface area contributed by atoms with Gasteiger partial charge in [-0.2, -0.15) is 5.26 Å². The third kappa shape index (κ3) is 3.77. The molecule has 0 saturated heterocycles. The van der Waals surface area contributed by atoms with E-state index in [-0.39, 0.29) is 18.1 Å². The van der Waals surface area contributed by atoms with Crippen molar-refractivity contribution in [3.63, 3.8) is 0 Å². The van der Waals surface area contributed by atoms with Crippen molar-refractivity contribution in [1.29, 1.82) is 5.26 Å². The predicted molar refractivity (Wildman–Crippen MR) is 109 cm³/mol. The van der Waals surface area contributed by atoms with E-state index in [1.165, 1.54) is 19.3 Å². The van der Waals surface area contributed by atoms with Crippen molar-refractivity contribution >= 4 is 11.9 Å². The van der Waals surface area contributed by atoms with Crippen molar-refractivity contribution < 1.29 is 14.3 Å². The number of carbonyl (C=O) groups is 2. The van der Waals surface area contributed by atoms with E-state index in [1.54, 1.807) is 6.07 Å². The molecule has 0 aromatic heterocycles.